The standard InChI is InChI=1S/C8H4F2O4S2/c9-3-1(7(11)12)5(15)4(10)2(6(3)16)8(13)14/h15-16H,(H,11,12)(H,13,14). The molecule has 0 aromatic heterocycles. The van der Waals surface area contributed by atoms with Crippen LogP contribution in [0.2, 0.25) is 0 Å². The van der Waals surface area contributed by atoms with Crippen LogP contribution in [-0.4, -0.2) is 22.2 Å². The number of rotatable bonds is 2. The van der Waals surface area contributed by atoms with Crippen molar-refractivity contribution in [2.45, 2.75) is 9.79 Å². The van der Waals surface area contributed by atoms with Crippen molar-refractivity contribution in [1.29, 1.82) is 0 Å². The minimum atomic E-state index is -1.76. The average molecular weight is 266 g/mol. The molecule has 0 spiro atoms. The van der Waals surface area contributed by atoms with Crippen molar-refractivity contribution in [2.75, 3.05) is 0 Å². The molecular weight excluding hydrogens is 262 g/mol. The lowest BCUT2D eigenvalue weighted by Crippen LogP contribution is -2.12. The van der Waals surface area contributed by atoms with Gasteiger partial charge in [-0.05, 0) is 0 Å². The summed E-state index contributed by atoms with van der Waals surface area (Å²) in [6.45, 7) is 0. The molecule has 0 unspecified atom stereocenters. The monoisotopic (exact) mass is 266 g/mol. The summed E-state index contributed by atoms with van der Waals surface area (Å²) in [7, 11) is 0. The molecule has 0 saturated carbocycles. The first-order chi connectivity index (χ1) is 7.29. The van der Waals surface area contributed by atoms with Crippen molar-refractivity contribution in [3.8, 4) is 0 Å². The number of hydrogen-bond donors (Lipinski definition) is 4. The molecule has 0 aliphatic carbocycles. The maximum absolute atomic E-state index is 13.4. The number of hydrogen-bond acceptors (Lipinski definition) is 4. The van der Waals surface area contributed by atoms with E-state index in [1.807, 2.05) is 0 Å². The number of halogens is 2. The Labute approximate surface area is 98.7 Å². The predicted molar refractivity (Wildman–Crippen MR) is 54.8 cm³/mol. The third-order valence-electron chi connectivity index (χ3n) is 1.76. The zero-order valence-electron chi connectivity index (χ0n) is 7.36. The molecule has 0 atom stereocenters. The van der Waals surface area contributed by atoms with E-state index in [2.05, 4.69) is 25.3 Å². The Kier molecular flexibility index (Phi) is 3.44. The second-order valence-corrected chi connectivity index (χ2v) is 3.58. The number of benzene rings is 1. The van der Waals surface area contributed by atoms with E-state index in [-0.39, 0.29) is 0 Å². The van der Waals surface area contributed by atoms with Gasteiger partial charge in [0.25, 0.3) is 0 Å². The average Bonchev–Trinajstić information content (AvgIpc) is 2.14. The lowest BCUT2D eigenvalue weighted by atomic mass is 10.1. The summed E-state index contributed by atoms with van der Waals surface area (Å²) >= 11 is 6.88. The summed E-state index contributed by atoms with van der Waals surface area (Å²) < 4.78 is 26.8. The summed E-state index contributed by atoms with van der Waals surface area (Å²) in [5.41, 5.74) is -2.09. The maximum atomic E-state index is 13.4. The topological polar surface area (TPSA) is 74.6 Å². The summed E-state index contributed by atoms with van der Waals surface area (Å²) in [6, 6.07) is 0. The first kappa shape index (κ1) is 12.8. The zero-order chi connectivity index (χ0) is 12.6. The van der Waals surface area contributed by atoms with Crippen LogP contribution < -0.4 is 0 Å². The van der Waals surface area contributed by atoms with E-state index in [1.165, 1.54) is 0 Å². The summed E-state index contributed by atoms with van der Waals surface area (Å²) in [5.74, 6) is -6.37. The second kappa shape index (κ2) is 4.30. The predicted octanol–water partition coefficient (Wildman–Crippen LogP) is 1.94. The van der Waals surface area contributed by atoms with E-state index in [4.69, 9.17) is 10.2 Å². The van der Waals surface area contributed by atoms with E-state index in [0.29, 0.717) is 0 Å². The molecule has 1 aromatic carbocycles. The molecule has 8 heteroatoms. The zero-order valence-corrected chi connectivity index (χ0v) is 9.15. The normalized spacial score (nSPS) is 10.2. The van der Waals surface area contributed by atoms with E-state index >= 15 is 0 Å². The van der Waals surface area contributed by atoms with Crippen LogP contribution in [0.1, 0.15) is 20.7 Å². The van der Waals surface area contributed by atoms with Gasteiger partial charge in [-0.2, -0.15) is 0 Å². The summed E-state index contributed by atoms with van der Waals surface area (Å²) in [6.07, 6.45) is 0. The highest BCUT2D eigenvalue weighted by Gasteiger charge is 2.28. The van der Waals surface area contributed by atoms with Crippen LogP contribution in [0.25, 0.3) is 0 Å². The van der Waals surface area contributed by atoms with E-state index in [9.17, 15) is 18.4 Å². The Balaban J connectivity index is 3.77. The molecule has 0 aliphatic rings. The fourth-order valence-electron chi connectivity index (χ4n) is 1.05. The van der Waals surface area contributed by atoms with Gasteiger partial charge in [-0.3, -0.25) is 0 Å². The molecule has 1 aromatic rings. The lowest BCUT2D eigenvalue weighted by Gasteiger charge is -2.09. The molecule has 0 heterocycles. The third-order valence-corrected chi connectivity index (χ3v) is 2.60. The van der Waals surface area contributed by atoms with Crippen molar-refractivity contribution < 1.29 is 28.6 Å². The van der Waals surface area contributed by atoms with Crippen molar-refractivity contribution in [3.05, 3.63) is 22.8 Å². The highest BCUT2D eigenvalue weighted by atomic mass is 32.1. The molecule has 0 fully saturated rings. The molecule has 0 bridgehead atoms. The van der Waals surface area contributed by atoms with E-state index in [0.717, 1.165) is 0 Å². The lowest BCUT2D eigenvalue weighted by molar-refractivity contribution is 0.0663. The van der Waals surface area contributed by atoms with Crippen molar-refractivity contribution in [1.82, 2.24) is 0 Å². The van der Waals surface area contributed by atoms with Crippen LogP contribution in [0.5, 0.6) is 0 Å². The van der Waals surface area contributed by atoms with Gasteiger partial charge in [-0.15, -0.1) is 25.3 Å². The first-order valence-electron chi connectivity index (χ1n) is 3.68. The van der Waals surface area contributed by atoms with Crippen LogP contribution in [0.4, 0.5) is 8.78 Å². The molecule has 86 valence electrons. The first-order valence-corrected chi connectivity index (χ1v) is 4.58. The van der Waals surface area contributed by atoms with Gasteiger partial charge in [0, 0.05) is 0 Å². The smallest absolute Gasteiger partial charge is 0.339 e. The number of carboxylic acid groups (broad SMARTS) is 2. The SMILES string of the molecule is O=C(O)c1c(F)c(S)c(C(=O)O)c(F)c1S. The minimum absolute atomic E-state index is 0.875. The second-order valence-electron chi connectivity index (χ2n) is 2.69. The highest BCUT2D eigenvalue weighted by Crippen LogP contribution is 2.31. The minimum Gasteiger partial charge on any atom is -0.478 e. The van der Waals surface area contributed by atoms with Crippen LogP contribution in [0.3, 0.4) is 0 Å². The Morgan fingerprint density at radius 1 is 0.875 bits per heavy atom. The van der Waals surface area contributed by atoms with E-state index in [1.54, 1.807) is 0 Å². The Bertz CT molecular complexity index is 427. The van der Waals surface area contributed by atoms with Gasteiger partial charge in [-0.25, -0.2) is 18.4 Å². The number of carboxylic acids is 2. The largest absolute Gasteiger partial charge is 0.478 e. The van der Waals surface area contributed by atoms with Crippen LogP contribution in [0.15, 0.2) is 9.79 Å². The van der Waals surface area contributed by atoms with Crippen molar-refractivity contribution >= 4 is 37.2 Å². The third kappa shape index (κ3) is 1.85. The van der Waals surface area contributed by atoms with Crippen LogP contribution in [0, 0.1) is 11.6 Å². The molecule has 0 amide bonds. The Morgan fingerprint density at radius 3 is 1.31 bits per heavy atom. The quantitative estimate of drug-likeness (QED) is 0.617. The molecule has 16 heavy (non-hydrogen) atoms. The Morgan fingerprint density at radius 2 is 1.12 bits per heavy atom. The fourth-order valence-corrected chi connectivity index (χ4v) is 1.67. The van der Waals surface area contributed by atoms with Gasteiger partial charge >= 0.3 is 11.9 Å². The van der Waals surface area contributed by atoms with Gasteiger partial charge in [0.15, 0.2) is 11.6 Å². The number of carbonyl (C=O) groups is 2. The van der Waals surface area contributed by atoms with Crippen LogP contribution in [-0.2, 0) is 0 Å². The molecule has 2 N–H and O–H groups in total. The van der Waals surface area contributed by atoms with Gasteiger partial charge < -0.3 is 10.2 Å². The van der Waals surface area contributed by atoms with Crippen molar-refractivity contribution in [3.63, 3.8) is 0 Å². The number of thiol groups is 2. The maximum Gasteiger partial charge on any atom is 0.339 e. The molecule has 0 saturated heterocycles. The van der Waals surface area contributed by atoms with Gasteiger partial charge in [0.2, 0.25) is 0 Å². The molecule has 4 nitrogen and oxygen atoms in total. The van der Waals surface area contributed by atoms with Gasteiger partial charge in [0.05, 0.1) is 9.79 Å². The van der Waals surface area contributed by atoms with Gasteiger partial charge in [0.1, 0.15) is 11.1 Å². The molecule has 1 rings (SSSR count). The molecule has 0 radical (unpaired) electrons. The summed E-state index contributed by atoms with van der Waals surface area (Å²) in [5, 5.41) is 17.2. The Hall–Kier alpha value is -1.28. The fraction of sp³-hybridized carbons (Fsp3) is 0. The molecule has 0 aliphatic heterocycles. The number of aromatic carboxylic acids is 2. The van der Waals surface area contributed by atoms with E-state index < -0.39 is 44.5 Å². The highest BCUT2D eigenvalue weighted by molar-refractivity contribution is 7.80. The van der Waals surface area contributed by atoms with Crippen molar-refractivity contribution in [2.24, 2.45) is 0 Å². The molecular formula is C8H4F2O4S2. The summed E-state index contributed by atoms with van der Waals surface area (Å²) in [4.78, 5) is 19.4. The van der Waals surface area contributed by atoms with Crippen LogP contribution >= 0.6 is 25.3 Å². The van der Waals surface area contributed by atoms with Gasteiger partial charge in [-0.1, -0.05) is 0 Å².